The van der Waals surface area contributed by atoms with Crippen LogP contribution < -0.4 is 0 Å². The van der Waals surface area contributed by atoms with Gasteiger partial charge in [-0.05, 0) is 95.1 Å². The van der Waals surface area contributed by atoms with E-state index in [0.717, 1.165) is 28.4 Å². The quantitative estimate of drug-likeness (QED) is 0.104. The SMILES string of the molecule is CN(CC1CCC(C)(C(=O)O)CC1)/C(=C(\C=N)C(=O)N(C1CC(CC(C)(C)C)C1)C(C)(C)C(=O)c1c(Cl)cc(F)cc1Cl)C(F)(F)F. The number of alkyl halides is 3. The molecule has 7 nitrogen and oxygen atoms in total. The maximum Gasteiger partial charge on any atom is 0.431 e. The van der Waals surface area contributed by atoms with Crippen molar-refractivity contribution in [3.8, 4) is 0 Å². The third-order valence-electron chi connectivity index (χ3n) is 9.62. The first-order chi connectivity index (χ1) is 21.4. The van der Waals surface area contributed by atoms with Crippen molar-refractivity contribution in [2.45, 2.75) is 104 Å². The Labute approximate surface area is 284 Å². The van der Waals surface area contributed by atoms with Gasteiger partial charge in [0.25, 0.3) is 5.91 Å². The maximum atomic E-state index is 14.8. The molecule has 1 aromatic rings. The van der Waals surface area contributed by atoms with Crippen molar-refractivity contribution in [3.63, 3.8) is 0 Å². The minimum absolute atomic E-state index is 0.0435. The summed E-state index contributed by atoms with van der Waals surface area (Å²) in [5.74, 6) is -3.78. The van der Waals surface area contributed by atoms with Crippen LogP contribution in [0.4, 0.5) is 17.6 Å². The Morgan fingerprint density at radius 2 is 1.53 bits per heavy atom. The Hall–Kier alpha value is -2.66. The molecule has 0 saturated heterocycles. The predicted octanol–water partition coefficient (Wildman–Crippen LogP) is 8.82. The van der Waals surface area contributed by atoms with Crippen LogP contribution in [-0.2, 0) is 9.59 Å². The summed E-state index contributed by atoms with van der Waals surface area (Å²) in [4.78, 5) is 42.2. The summed E-state index contributed by atoms with van der Waals surface area (Å²) >= 11 is 12.5. The van der Waals surface area contributed by atoms with Crippen LogP contribution in [0.2, 0.25) is 10.0 Å². The number of allylic oxidation sites excluding steroid dienone is 1. The molecular weight excluding hydrogens is 661 g/mol. The standard InChI is InChI=1S/C34H45Cl2F4N3O4/c1-31(2,3)16-20-12-22(13-20)43(32(4,5)28(44)26-24(35)14-21(37)15-25(26)36)29(45)23(17-41)27(34(38,39)40)42(7)18-19-8-10-33(6,11-9-19)30(46)47/h14-15,17,19-20,22,41H,8-13,16,18H2,1-7H3,(H,46,47)/b27-23+,41-17?. The molecule has 0 heterocycles. The average Bonchev–Trinajstić information content (AvgIpc) is 2.89. The number of benzene rings is 1. The second-order valence-electron chi connectivity index (χ2n) is 15.2. The molecule has 1 amide bonds. The fourth-order valence-corrected chi connectivity index (χ4v) is 7.75. The third-order valence-corrected chi connectivity index (χ3v) is 10.2. The topological polar surface area (TPSA) is 102 Å². The van der Waals surface area contributed by atoms with Gasteiger partial charge in [-0.3, -0.25) is 14.4 Å². The second-order valence-corrected chi connectivity index (χ2v) is 16.0. The normalized spacial score (nSPS) is 24.1. The smallest absolute Gasteiger partial charge is 0.431 e. The number of hydrogen-bond donors (Lipinski definition) is 2. The zero-order valence-electron chi connectivity index (χ0n) is 28.0. The summed E-state index contributed by atoms with van der Waals surface area (Å²) in [6.07, 6.45) is -1.64. The number of rotatable bonds is 11. The fourth-order valence-electron chi connectivity index (χ4n) is 7.12. The number of hydrogen-bond acceptors (Lipinski definition) is 5. The fraction of sp³-hybridized carbons (Fsp3) is 0.647. The van der Waals surface area contributed by atoms with Gasteiger partial charge in [0.2, 0.25) is 0 Å². The van der Waals surface area contributed by atoms with Gasteiger partial charge in [0.05, 0.1) is 26.6 Å². The second kappa shape index (κ2) is 14.1. The molecule has 0 unspecified atom stereocenters. The van der Waals surface area contributed by atoms with Gasteiger partial charge in [0.15, 0.2) is 5.78 Å². The molecule has 0 radical (unpaired) electrons. The van der Waals surface area contributed by atoms with Crippen LogP contribution in [0, 0.1) is 33.9 Å². The van der Waals surface area contributed by atoms with Gasteiger partial charge in [-0.1, -0.05) is 44.0 Å². The zero-order valence-corrected chi connectivity index (χ0v) is 29.5. The molecule has 2 fully saturated rings. The third kappa shape index (κ3) is 8.69. The van der Waals surface area contributed by atoms with Gasteiger partial charge in [-0.25, -0.2) is 4.39 Å². The van der Waals surface area contributed by atoms with Crippen LogP contribution in [0.3, 0.4) is 0 Å². The van der Waals surface area contributed by atoms with Crippen molar-refractivity contribution < 1.29 is 37.1 Å². The van der Waals surface area contributed by atoms with Crippen molar-refractivity contribution in [3.05, 3.63) is 44.8 Å². The summed E-state index contributed by atoms with van der Waals surface area (Å²) in [6.45, 7) is 10.5. The monoisotopic (exact) mass is 705 g/mol. The van der Waals surface area contributed by atoms with E-state index in [-0.39, 0.29) is 39.4 Å². The molecule has 0 aromatic heterocycles. The molecule has 2 N–H and O–H groups in total. The average molecular weight is 707 g/mol. The molecule has 2 aliphatic carbocycles. The van der Waals surface area contributed by atoms with Crippen LogP contribution in [-0.4, -0.2) is 70.1 Å². The first-order valence-electron chi connectivity index (χ1n) is 15.7. The molecule has 0 spiro atoms. The van der Waals surface area contributed by atoms with Crippen LogP contribution in [0.25, 0.3) is 0 Å². The Morgan fingerprint density at radius 1 is 1.02 bits per heavy atom. The molecule has 47 heavy (non-hydrogen) atoms. The number of carboxylic acid groups (broad SMARTS) is 1. The summed E-state index contributed by atoms with van der Waals surface area (Å²) < 4.78 is 58.5. The highest BCUT2D eigenvalue weighted by atomic mass is 35.5. The van der Waals surface area contributed by atoms with Crippen LogP contribution in [0.5, 0.6) is 0 Å². The molecule has 0 bridgehead atoms. The number of Topliss-reactive ketones (excluding diaryl/α,β-unsaturated/α-hetero) is 1. The van der Waals surface area contributed by atoms with Crippen molar-refractivity contribution >= 4 is 47.1 Å². The van der Waals surface area contributed by atoms with Crippen molar-refractivity contribution in [1.82, 2.24) is 9.80 Å². The number of nitrogens with zero attached hydrogens (tertiary/aromatic N) is 2. The van der Waals surface area contributed by atoms with E-state index in [1.54, 1.807) is 6.92 Å². The van der Waals surface area contributed by atoms with E-state index in [9.17, 15) is 37.1 Å². The number of ketones is 1. The number of carbonyl (C=O) groups excluding carboxylic acids is 2. The number of aliphatic carboxylic acids is 1. The van der Waals surface area contributed by atoms with Gasteiger partial charge in [0.1, 0.15) is 17.1 Å². The molecular formula is C34H45Cl2F4N3O4. The van der Waals surface area contributed by atoms with Crippen molar-refractivity contribution in [2.75, 3.05) is 13.6 Å². The van der Waals surface area contributed by atoms with E-state index in [2.05, 4.69) is 20.8 Å². The molecule has 1 aromatic carbocycles. The lowest BCUT2D eigenvalue weighted by molar-refractivity contribution is -0.150. The van der Waals surface area contributed by atoms with E-state index in [0.29, 0.717) is 44.7 Å². The largest absolute Gasteiger partial charge is 0.481 e. The van der Waals surface area contributed by atoms with Crippen LogP contribution in [0.15, 0.2) is 23.4 Å². The summed E-state index contributed by atoms with van der Waals surface area (Å²) in [6, 6.07) is 1.17. The Balaban J connectivity index is 2.07. The Kier molecular flexibility index (Phi) is 11.6. The molecule has 2 aliphatic rings. The molecule has 0 aliphatic heterocycles. The van der Waals surface area contributed by atoms with Crippen molar-refractivity contribution in [2.24, 2.45) is 22.7 Å². The number of halogens is 6. The number of carboxylic acids is 1. The van der Waals surface area contributed by atoms with Crippen molar-refractivity contribution in [1.29, 1.82) is 5.41 Å². The summed E-state index contributed by atoms with van der Waals surface area (Å²) in [7, 11) is 1.20. The predicted molar refractivity (Wildman–Crippen MR) is 174 cm³/mol. The van der Waals surface area contributed by atoms with E-state index < -0.39 is 57.9 Å². The van der Waals surface area contributed by atoms with Crippen LogP contribution in [0.1, 0.15) is 96.8 Å². The first kappa shape index (κ1) is 38.8. The molecule has 262 valence electrons. The first-order valence-corrected chi connectivity index (χ1v) is 16.5. The summed E-state index contributed by atoms with van der Waals surface area (Å²) in [5, 5.41) is 17.0. The number of amides is 1. The van der Waals surface area contributed by atoms with Gasteiger partial charge < -0.3 is 20.3 Å². The van der Waals surface area contributed by atoms with E-state index in [4.69, 9.17) is 28.6 Å². The minimum Gasteiger partial charge on any atom is -0.481 e. The Bertz CT molecular complexity index is 1400. The highest BCUT2D eigenvalue weighted by molar-refractivity contribution is 6.40. The highest BCUT2D eigenvalue weighted by Crippen LogP contribution is 2.45. The molecule has 0 atom stereocenters. The van der Waals surface area contributed by atoms with Gasteiger partial charge in [-0.15, -0.1) is 0 Å². The highest BCUT2D eigenvalue weighted by Gasteiger charge is 2.50. The van der Waals surface area contributed by atoms with E-state index >= 15 is 0 Å². The molecule has 3 rings (SSSR count). The Morgan fingerprint density at radius 3 is 1.96 bits per heavy atom. The lowest BCUT2D eigenvalue weighted by Gasteiger charge is -2.51. The lowest BCUT2D eigenvalue weighted by Crippen LogP contribution is -2.61. The van der Waals surface area contributed by atoms with Gasteiger partial charge in [0, 0.05) is 25.8 Å². The van der Waals surface area contributed by atoms with Gasteiger partial charge in [-0.2, -0.15) is 13.2 Å². The molecule has 13 heteroatoms. The lowest BCUT2D eigenvalue weighted by atomic mass is 9.70. The van der Waals surface area contributed by atoms with Crippen LogP contribution >= 0.6 is 23.2 Å². The molecule has 2 saturated carbocycles. The zero-order chi connectivity index (χ0) is 35.9. The van der Waals surface area contributed by atoms with E-state index in [1.165, 1.54) is 20.9 Å². The number of carbonyl (C=O) groups is 3. The minimum atomic E-state index is -5.04. The summed E-state index contributed by atoms with van der Waals surface area (Å²) in [5.41, 5.74) is -5.30. The van der Waals surface area contributed by atoms with Gasteiger partial charge >= 0.3 is 12.1 Å². The number of nitrogens with one attached hydrogen (secondary N) is 1. The maximum absolute atomic E-state index is 14.8. The van der Waals surface area contributed by atoms with E-state index in [1.807, 2.05) is 0 Å².